The molecule has 1 atom stereocenters. The fourth-order valence-corrected chi connectivity index (χ4v) is 4.07. The number of thiazole rings is 1. The van der Waals surface area contributed by atoms with E-state index in [1.54, 1.807) is 6.07 Å². The lowest BCUT2D eigenvalue weighted by molar-refractivity contribution is -0.122. The van der Waals surface area contributed by atoms with Gasteiger partial charge in [0.1, 0.15) is 17.2 Å². The number of hydrogen-bond acceptors (Lipinski definition) is 5. The molecule has 1 aromatic heterocycles. The fourth-order valence-electron chi connectivity index (χ4n) is 2.90. The van der Waals surface area contributed by atoms with Gasteiger partial charge in [-0.25, -0.2) is 9.78 Å². The van der Waals surface area contributed by atoms with Gasteiger partial charge in [-0.2, -0.15) is 0 Å². The second-order valence-corrected chi connectivity index (χ2v) is 8.72. The van der Waals surface area contributed by atoms with E-state index in [1.165, 1.54) is 16.2 Å². The van der Waals surface area contributed by atoms with E-state index >= 15 is 0 Å². The van der Waals surface area contributed by atoms with E-state index < -0.39 is 17.7 Å². The van der Waals surface area contributed by atoms with Crippen LogP contribution in [-0.4, -0.2) is 40.1 Å². The molecule has 2 aromatic rings. The van der Waals surface area contributed by atoms with Gasteiger partial charge in [-0.3, -0.25) is 9.69 Å². The van der Waals surface area contributed by atoms with Crippen LogP contribution in [0.2, 0.25) is 5.02 Å². The Morgan fingerprint density at radius 3 is 2.81 bits per heavy atom. The molecule has 2 amide bonds. The number of benzene rings is 1. The van der Waals surface area contributed by atoms with Crippen molar-refractivity contribution in [3.05, 3.63) is 23.2 Å². The number of halogens is 1. The van der Waals surface area contributed by atoms with Crippen molar-refractivity contribution in [3.8, 4) is 0 Å². The third kappa shape index (κ3) is 4.27. The number of nitrogens with one attached hydrogen (secondary N) is 1. The maximum absolute atomic E-state index is 12.8. The van der Waals surface area contributed by atoms with Gasteiger partial charge in [-0.05, 0) is 52.2 Å². The van der Waals surface area contributed by atoms with Crippen molar-refractivity contribution in [1.29, 1.82) is 0 Å². The van der Waals surface area contributed by atoms with Crippen LogP contribution in [0, 0.1) is 0 Å². The summed E-state index contributed by atoms with van der Waals surface area (Å²) in [5.41, 5.74) is 0.0707. The number of likely N-dealkylation sites (tertiary alicyclic amines) is 1. The Balaban J connectivity index is 1.75. The number of rotatable bonds is 2. The highest BCUT2D eigenvalue weighted by atomic mass is 35.5. The molecule has 0 radical (unpaired) electrons. The van der Waals surface area contributed by atoms with Crippen LogP contribution in [0.5, 0.6) is 0 Å². The predicted molar refractivity (Wildman–Crippen MR) is 104 cm³/mol. The minimum atomic E-state index is -0.598. The number of nitrogens with zero attached hydrogens (tertiary/aromatic N) is 2. The lowest BCUT2D eigenvalue weighted by Gasteiger charge is -2.35. The number of carbonyl (C=O) groups is 2. The molecular weight excluding hydrogens is 374 g/mol. The van der Waals surface area contributed by atoms with Crippen molar-refractivity contribution in [2.75, 3.05) is 11.9 Å². The first-order valence-corrected chi connectivity index (χ1v) is 9.79. The number of fused-ring (bicyclic) bond motifs is 1. The average molecular weight is 396 g/mol. The largest absolute Gasteiger partial charge is 0.444 e. The summed E-state index contributed by atoms with van der Waals surface area (Å²) in [5, 5.41) is 3.86. The summed E-state index contributed by atoms with van der Waals surface area (Å²) >= 11 is 7.51. The number of piperidine rings is 1. The van der Waals surface area contributed by atoms with Gasteiger partial charge in [0, 0.05) is 6.54 Å². The molecule has 1 unspecified atom stereocenters. The van der Waals surface area contributed by atoms with Crippen molar-refractivity contribution in [1.82, 2.24) is 9.88 Å². The minimum absolute atomic E-state index is 0.245. The van der Waals surface area contributed by atoms with E-state index in [1.807, 2.05) is 32.9 Å². The second kappa shape index (κ2) is 7.40. The van der Waals surface area contributed by atoms with Crippen LogP contribution >= 0.6 is 22.9 Å². The Kier molecular flexibility index (Phi) is 5.39. The van der Waals surface area contributed by atoms with Gasteiger partial charge < -0.3 is 10.1 Å². The molecule has 8 heteroatoms. The van der Waals surface area contributed by atoms with Crippen molar-refractivity contribution in [2.24, 2.45) is 0 Å². The van der Waals surface area contributed by atoms with E-state index in [0.29, 0.717) is 28.6 Å². The van der Waals surface area contributed by atoms with Gasteiger partial charge in [-0.15, -0.1) is 0 Å². The zero-order chi connectivity index (χ0) is 18.9. The summed E-state index contributed by atoms with van der Waals surface area (Å²) in [5.74, 6) is -0.245. The molecule has 26 heavy (non-hydrogen) atoms. The maximum atomic E-state index is 12.8. The first kappa shape index (κ1) is 18.9. The summed E-state index contributed by atoms with van der Waals surface area (Å²) in [6, 6.07) is 4.96. The molecular formula is C18H22ClN3O3S. The van der Waals surface area contributed by atoms with Crippen LogP contribution in [-0.2, 0) is 9.53 Å². The first-order chi connectivity index (χ1) is 12.2. The average Bonchev–Trinajstić information content (AvgIpc) is 2.97. The Labute approximate surface area is 161 Å². The van der Waals surface area contributed by atoms with Crippen LogP contribution in [0.25, 0.3) is 10.2 Å². The third-order valence-electron chi connectivity index (χ3n) is 4.03. The molecule has 140 valence electrons. The quantitative estimate of drug-likeness (QED) is 0.801. The molecule has 0 spiro atoms. The molecule has 2 heterocycles. The lowest BCUT2D eigenvalue weighted by atomic mass is 10.0. The SMILES string of the molecule is CC(C)(C)OC(=O)N1CCCCC1C(=O)Nc1nc2c(Cl)cccc2s1. The van der Waals surface area contributed by atoms with Gasteiger partial charge in [0.25, 0.3) is 0 Å². The summed E-state index contributed by atoms with van der Waals surface area (Å²) < 4.78 is 6.35. The molecule has 0 saturated carbocycles. The number of hydrogen-bond donors (Lipinski definition) is 1. The van der Waals surface area contributed by atoms with Crippen LogP contribution in [0.4, 0.5) is 9.93 Å². The standard InChI is InChI=1S/C18H22ClN3O3S/c1-18(2,3)25-17(24)22-10-5-4-8-12(22)15(23)21-16-20-14-11(19)7-6-9-13(14)26-16/h6-7,9,12H,4-5,8,10H2,1-3H3,(H,20,21,23). The number of ether oxygens (including phenoxy) is 1. The first-order valence-electron chi connectivity index (χ1n) is 8.60. The van der Waals surface area contributed by atoms with E-state index in [4.69, 9.17) is 16.3 Å². The van der Waals surface area contributed by atoms with Crippen LogP contribution in [0.3, 0.4) is 0 Å². The lowest BCUT2D eigenvalue weighted by Crippen LogP contribution is -2.51. The summed E-state index contributed by atoms with van der Waals surface area (Å²) in [4.78, 5) is 31.2. The number of aromatic nitrogens is 1. The maximum Gasteiger partial charge on any atom is 0.410 e. The number of anilines is 1. The topological polar surface area (TPSA) is 71.5 Å². The molecule has 1 aromatic carbocycles. The van der Waals surface area contributed by atoms with Crippen LogP contribution < -0.4 is 5.32 Å². The number of amides is 2. The molecule has 0 bridgehead atoms. The van der Waals surface area contributed by atoms with Crippen LogP contribution in [0.1, 0.15) is 40.0 Å². The van der Waals surface area contributed by atoms with Gasteiger partial charge in [0.2, 0.25) is 5.91 Å². The molecule has 1 saturated heterocycles. The molecule has 3 rings (SSSR count). The highest BCUT2D eigenvalue weighted by Crippen LogP contribution is 2.31. The smallest absolute Gasteiger partial charge is 0.410 e. The monoisotopic (exact) mass is 395 g/mol. The second-order valence-electron chi connectivity index (χ2n) is 7.28. The third-order valence-corrected chi connectivity index (χ3v) is 5.27. The Hall–Kier alpha value is -1.86. The summed E-state index contributed by atoms with van der Waals surface area (Å²) in [7, 11) is 0. The zero-order valence-electron chi connectivity index (χ0n) is 15.0. The van der Waals surface area contributed by atoms with E-state index in [9.17, 15) is 9.59 Å². The molecule has 0 aliphatic carbocycles. The van der Waals surface area contributed by atoms with E-state index in [-0.39, 0.29) is 5.91 Å². The van der Waals surface area contributed by atoms with Crippen molar-refractivity contribution >= 4 is 50.3 Å². The molecule has 1 fully saturated rings. The molecule has 1 aliphatic heterocycles. The highest BCUT2D eigenvalue weighted by molar-refractivity contribution is 7.22. The molecule has 6 nitrogen and oxygen atoms in total. The van der Waals surface area contributed by atoms with E-state index in [2.05, 4.69) is 10.3 Å². The van der Waals surface area contributed by atoms with Crippen molar-refractivity contribution in [3.63, 3.8) is 0 Å². The fraction of sp³-hybridized carbons (Fsp3) is 0.500. The van der Waals surface area contributed by atoms with E-state index in [0.717, 1.165) is 17.5 Å². The zero-order valence-corrected chi connectivity index (χ0v) is 16.6. The van der Waals surface area contributed by atoms with Crippen LogP contribution in [0.15, 0.2) is 18.2 Å². The minimum Gasteiger partial charge on any atom is -0.444 e. The van der Waals surface area contributed by atoms with Gasteiger partial charge in [-0.1, -0.05) is 29.0 Å². The predicted octanol–water partition coefficient (Wildman–Crippen LogP) is 4.68. The Morgan fingerprint density at radius 2 is 2.12 bits per heavy atom. The summed E-state index contributed by atoms with van der Waals surface area (Å²) in [6.07, 6.45) is 1.91. The normalized spacial score (nSPS) is 18.0. The van der Waals surface area contributed by atoms with Gasteiger partial charge in [0.15, 0.2) is 5.13 Å². The number of carbonyl (C=O) groups excluding carboxylic acids is 2. The highest BCUT2D eigenvalue weighted by Gasteiger charge is 2.35. The summed E-state index contributed by atoms with van der Waals surface area (Å²) in [6.45, 7) is 5.96. The number of para-hydroxylation sites is 1. The Morgan fingerprint density at radius 1 is 1.35 bits per heavy atom. The molecule has 1 aliphatic rings. The Bertz CT molecular complexity index is 831. The van der Waals surface area contributed by atoms with Gasteiger partial charge in [0.05, 0.1) is 9.72 Å². The van der Waals surface area contributed by atoms with Crippen molar-refractivity contribution < 1.29 is 14.3 Å². The molecule has 1 N–H and O–H groups in total. The van der Waals surface area contributed by atoms with Gasteiger partial charge >= 0.3 is 6.09 Å². The van der Waals surface area contributed by atoms with Crippen molar-refractivity contribution in [2.45, 2.75) is 51.7 Å².